The van der Waals surface area contributed by atoms with Crippen LogP contribution in [-0.2, 0) is 4.74 Å². The van der Waals surface area contributed by atoms with Crippen molar-refractivity contribution in [3.8, 4) is 17.9 Å². The quantitative estimate of drug-likeness (QED) is 0.478. The summed E-state index contributed by atoms with van der Waals surface area (Å²) in [6.07, 6.45) is 1.01. The predicted octanol–water partition coefficient (Wildman–Crippen LogP) is 2.70. The molecule has 0 aliphatic rings. The highest BCUT2D eigenvalue weighted by Gasteiger charge is 2.17. The molecule has 21 heavy (non-hydrogen) atoms. The van der Waals surface area contributed by atoms with Crippen LogP contribution >= 0.6 is 22.6 Å². The number of nitrogens with zero attached hydrogens (tertiary/aromatic N) is 2. The number of benzene rings is 1. The summed E-state index contributed by atoms with van der Waals surface area (Å²) >= 11 is 1.98. The van der Waals surface area contributed by atoms with Crippen molar-refractivity contribution in [3.05, 3.63) is 33.2 Å². The second-order valence-corrected chi connectivity index (χ2v) is 4.97. The largest absolute Gasteiger partial charge is 0.461 e. The lowest BCUT2D eigenvalue weighted by Gasteiger charge is -2.07. The summed E-state index contributed by atoms with van der Waals surface area (Å²) in [4.78, 5) is 15.3. The molecule has 0 bridgehead atoms. The average Bonchev–Trinajstić information content (AvgIpc) is 2.91. The van der Waals surface area contributed by atoms with Crippen LogP contribution in [0.25, 0.3) is 0 Å². The van der Waals surface area contributed by atoms with Gasteiger partial charge in [0.25, 0.3) is 0 Å². The number of nitriles is 1. The minimum atomic E-state index is -0.599. The third-order valence-electron chi connectivity index (χ3n) is 2.36. The van der Waals surface area contributed by atoms with Gasteiger partial charge in [-0.1, -0.05) is 0 Å². The zero-order valence-corrected chi connectivity index (χ0v) is 13.1. The first-order valence-corrected chi connectivity index (χ1v) is 6.92. The molecule has 0 amide bonds. The molecule has 108 valence electrons. The summed E-state index contributed by atoms with van der Waals surface area (Å²) in [7, 11) is 0. The van der Waals surface area contributed by atoms with Crippen molar-refractivity contribution in [2.45, 2.75) is 6.92 Å². The van der Waals surface area contributed by atoms with Crippen molar-refractivity contribution in [1.29, 1.82) is 5.26 Å². The lowest BCUT2D eigenvalue weighted by molar-refractivity contribution is 0.0519. The molecular formula is C13H10IN3O4. The van der Waals surface area contributed by atoms with E-state index in [1.807, 2.05) is 28.7 Å². The van der Waals surface area contributed by atoms with Gasteiger partial charge < -0.3 is 19.6 Å². The Labute approximate surface area is 133 Å². The molecule has 0 saturated heterocycles. The third kappa shape index (κ3) is 3.43. The number of nitrogens with two attached hydrogens (primary N) is 1. The van der Waals surface area contributed by atoms with E-state index in [9.17, 15) is 4.79 Å². The van der Waals surface area contributed by atoms with Crippen LogP contribution in [0.15, 0.2) is 22.8 Å². The Kier molecular flexibility index (Phi) is 4.64. The number of esters is 1. The number of hydrogen-bond donors (Lipinski definition) is 1. The first-order chi connectivity index (χ1) is 10.0. The minimum absolute atomic E-state index is 0.00840. The standard InChI is InChI=1S/C13H10IN3O4/c1-2-19-12(18)10-6-20-13(17-10)21-11-8(14)3-7(5-15)4-9(11)16/h3-4,6H,2,16H2,1H3. The average molecular weight is 399 g/mol. The first kappa shape index (κ1) is 15.1. The van der Waals surface area contributed by atoms with E-state index in [4.69, 9.17) is 24.9 Å². The fourth-order valence-corrected chi connectivity index (χ4v) is 2.23. The number of carbonyl (C=O) groups is 1. The number of anilines is 1. The van der Waals surface area contributed by atoms with E-state index in [1.165, 1.54) is 6.07 Å². The maximum atomic E-state index is 11.5. The number of carbonyl (C=O) groups excluding carboxylic acids is 1. The molecule has 0 atom stereocenters. The van der Waals surface area contributed by atoms with Crippen LogP contribution in [0.3, 0.4) is 0 Å². The second-order valence-electron chi connectivity index (χ2n) is 3.81. The zero-order valence-electron chi connectivity index (χ0n) is 10.9. The lowest BCUT2D eigenvalue weighted by Crippen LogP contribution is -2.04. The number of ether oxygens (including phenoxy) is 2. The predicted molar refractivity (Wildman–Crippen MR) is 80.8 cm³/mol. The summed E-state index contributed by atoms with van der Waals surface area (Å²) in [5.74, 6) is -0.287. The number of nitrogen functional groups attached to an aromatic ring is 1. The monoisotopic (exact) mass is 399 g/mol. The van der Waals surface area contributed by atoms with Gasteiger partial charge in [-0.2, -0.15) is 10.2 Å². The Morgan fingerprint density at radius 1 is 1.57 bits per heavy atom. The molecule has 1 aromatic carbocycles. The molecule has 1 heterocycles. The Morgan fingerprint density at radius 2 is 2.33 bits per heavy atom. The molecule has 2 N–H and O–H groups in total. The van der Waals surface area contributed by atoms with Gasteiger partial charge >= 0.3 is 12.0 Å². The maximum Gasteiger partial charge on any atom is 0.400 e. The van der Waals surface area contributed by atoms with Gasteiger partial charge in [-0.05, 0) is 41.6 Å². The highest BCUT2D eigenvalue weighted by Crippen LogP contribution is 2.33. The zero-order chi connectivity index (χ0) is 15.4. The van der Waals surface area contributed by atoms with E-state index >= 15 is 0 Å². The van der Waals surface area contributed by atoms with Crippen molar-refractivity contribution >= 4 is 34.2 Å². The van der Waals surface area contributed by atoms with E-state index in [0.717, 1.165) is 6.26 Å². The van der Waals surface area contributed by atoms with Gasteiger partial charge in [0.05, 0.1) is 27.5 Å². The Bertz CT molecular complexity index is 697. The molecule has 8 heteroatoms. The normalized spacial score (nSPS) is 9.95. The van der Waals surface area contributed by atoms with Gasteiger partial charge in [0.15, 0.2) is 11.4 Å². The van der Waals surface area contributed by atoms with Gasteiger partial charge in [-0.15, -0.1) is 0 Å². The summed E-state index contributed by atoms with van der Waals surface area (Å²) in [5.41, 5.74) is 6.52. The van der Waals surface area contributed by atoms with Crippen LogP contribution in [0.4, 0.5) is 5.69 Å². The molecule has 0 saturated carbocycles. The molecule has 7 nitrogen and oxygen atoms in total. The van der Waals surface area contributed by atoms with Gasteiger partial charge in [0, 0.05) is 0 Å². The van der Waals surface area contributed by atoms with Crippen molar-refractivity contribution in [3.63, 3.8) is 0 Å². The van der Waals surface area contributed by atoms with Crippen LogP contribution in [0, 0.1) is 14.9 Å². The highest BCUT2D eigenvalue weighted by atomic mass is 127. The van der Waals surface area contributed by atoms with Crippen molar-refractivity contribution in [2.24, 2.45) is 0 Å². The molecular weight excluding hydrogens is 389 g/mol. The molecule has 2 rings (SSSR count). The Hall–Kier alpha value is -2.28. The summed E-state index contributed by atoms with van der Waals surface area (Å²) < 4.78 is 15.9. The van der Waals surface area contributed by atoms with E-state index in [2.05, 4.69) is 4.98 Å². The Morgan fingerprint density at radius 3 is 2.95 bits per heavy atom. The molecule has 0 spiro atoms. The fraction of sp³-hybridized carbons (Fsp3) is 0.154. The summed E-state index contributed by atoms with van der Waals surface area (Å²) in [5, 5.41) is 8.85. The minimum Gasteiger partial charge on any atom is -0.461 e. The summed E-state index contributed by atoms with van der Waals surface area (Å²) in [6.45, 7) is 1.93. The number of aromatic nitrogens is 1. The molecule has 0 aliphatic heterocycles. The number of hydrogen-bond acceptors (Lipinski definition) is 7. The smallest absolute Gasteiger partial charge is 0.400 e. The number of oxazole rings is 1. The number of rotatable bonds is 4. The molecule has 2 aromatic rings. The van der Waals surface area contributed by atoms with Gasteiger partial charge in [-0.3, -0.25) is 0 Å². The van der Waals surface area contributed by atoms with Gasteiger partial charge in [0.1, 0.15) is 6.26 Å². The van der Waals surface area contributed by atoms with Crippen molar-refractivity contribution in [2.75, 3.05) is 12.3 Å². The van der Waals surface area contributed by atoms with Gasteiger partial charge in [-0.25, -0.2) is 4.79 Å². The number of halogens is 1. The lowest BCUT2D eigenvalue weighted by atomic mass is 10.2. The SMILES string of the molecule is CCOC(=O)c1coc(Oc2c(N)cc(C#N)cc2I)n1. The summed E-state index contributed by atoms with van der Waals surface area (Å²) in [6, 6.07) is 5.08. The van der Waals surface area contributed by atoms with Crippen LogP contribution in [0.2, 0.25) is 0 Å². The molecule has 0 fully saturated rings. The van der Waals surface area contributed by atoms with Gasteiger partial charge in [0.2, 0.25) is 0 Å². The third-order valence-corrected chi connectivity index (χ3v) is 3.16. The molecule has 0 unspecified atom stereocenters. The van der Waals surface area contributed by atoms with Crippen LogP contribution in [0.5, 0.6) is 11.8 Å². The highest BCUT2D eigenvalue weighted by molar-refractivity contribution is 14.1. The van der Waals surface area contributed by atoms with E-state index in [-0.39, 0.29) is 24.1 Å². The molecule has 1 aromatic heterocycles. The topological polar surface area (TPSA) is 111 Å². The molecule has 0 radical (unpaired) electrons. The van der Waals surface area contributed by atoms with E-state index in [0.29, 0.717) is 14.9 Å². The van der Waals surface area contributed by atoms with Crippen LogP contribution in [-0.4, -0.2) is 17.6 Å². The van der Waals surface area contributed by atoms with E-state index in [1.54, 1.807) is 13.0 Å². The van der Waals surface area contributed by atoms with Crippen molar-refractivity contribution in [1.82, 2.24) is 4.98 Å². The van der Waals surface area contributed by atoms with E-state index < -0.39 is 5.97 Å². The van der Waals surface area contributed by atoms with Crippen LogP contribution < -0.4 is 10.5 Å². The first-order valence-electron chi connectivity index (χ1n) is 5.84. The second kappa shape index (κ2) is 6.45. The fourth-order valence-electron chi connectivity index (χ4n) is 1.48. The maximum absolute atomic E-state index is 11.5. The van der Waals surface area contributed by atoms with Crippen molar-refractivity contribution < 1.29 is 18.7 Å². The Balaban J connectivity index is 2.23. The molecule has 0 aliphatic carbocycles. The van der Waals surface area contributed by atoms with Crippen LogP contribution in [0.1, 0.15) is 23.0 Å².